The zero-order valence-corrected chi connectivity index (χ0v) is 24.1. The number of anilines is 3. The molecule has 0 unspecified atom stereocenters. The second-order valence-electron chi connectivity index (χ2n) is 9.59. The molecule has 5 rings (SSSR count). The van der Waals surface area contributed by atoms with Crippen LogP contribution in [0.2, 0.25) is 5.02 Å². The van der Waals surface area contributed by atoms with Crippen molar-refractivity contribution in [1.82, 2.24) is 19.9 Å². The summed E-state index contributed by atoms with van der Waals surface area (Å²) in [4.78, 5) is 35.7. The number of rotatable bonds is 7. The zero-order valence-electron chi connectivity index (χ0n) is 22.5. The van der Waals surface area contributed by atoms with Gasteiger partial charge in [-0.15, -0.1) is 0 Å². The Morgan fingerprint density at radius 3 is 2.38 bits per heavy atom. The smallest absolute Gasteiger partial charge is 0.274 e. The summed E-state index contributed by atoms with van der Waals surface area (Å²) in [5, 5.41) is 4.16. The van der Waals surface area contributed by atoms with Crippen molar-refractivity contribution in [3.8, 4) is 16.9 Å². The van der Waals surface area contributed by atoms with Crippen LogP contribution in [-0.2, 0) is 10.0 Å². The van der Waals surface area contributed by atoms with Crippen LogP contribution in [0.15, 0.2) is 83.7 Å². The molecule has 1 amide bonds. The van der Waals surface area contributed by atoms with E-state index >= 15 is 0 Å². The quantitative estimate of drug-likeness (QED) is 0.215. The number of hydrogen-bond acceptors (Lipinski definition) is 8. The number of hydrogen-bond donors (Lipinski definition) is 4. The third kappa shape index (κ3) is 5.76. The number of para-hydroxylation sites is 1. The van der Waals surface area contributed by atoms with Gasteiger partial charge in [0.05, 0.1) is 22.7 Å². The van der Waals surface area contributed by atoms with E-state index in [1.54, 1.807) is 73.7 Å². The minimum atomic E-state index is -3.53. The van der Waals surface area contributed by atoms with Crippen LogP contribution in [0.3, 0.4) is 0 Å². The largest absolute Gasteiger partial charge is 0.382 e. The third-order valence-corrected chi connectivity index (χ3v) is 7.36. The average Bonchev–Trinajstić information content (AvgIpc) is 2.92. The van der Waals surface area contributed by atoms with Crippen LogP contribution < -0.4 is 27.1 Å². The summed E-state index contributed by atoms with van der Waals surface area (Å²) in [7, 11) is -3.53. The summed E-state index contributed by atoms with van der Waals surface area (Å²) in [5.41, 5.74) is 13.5. The number of halogens is 1. The Labute approximate surface area is 246 Å². The predicted molar refractivity (Wildman–Crippen MR) is 165 cm³/mol. The van der Waals surface area contributed by atoms with Crippen molar-refractivity contribution < 1.29 is 13.2 Å². The van der Waals surface area contributed by atoms with E-state index in [-0.39, 0.29) is 34.3 Å². The van der Waals surface area contributed by atoms with Crippen LogP contribution in [-0.4, -0.2) is 35.1 Å². The number of pyridine rings is 1. The van der Waals surface area contributed by atoms with Crippen molar-refractivity contribution in [2.24, 2.45) is 0 Å². The maximum atomic E-state index is 13.7. The molecule has 0 aliphatic carbocycles. The van der Waals surface area contributed by atoms with E-state index in [9.17, 15) is 18.0 Å². The van der Waals surface area contributed by atoms with Gasteiger partial charge in [0.15, 0.2) is 17.3 Å². The number of carbonyl (C=O) groups excluding carboxylic acids is 1. The lowest BCUT2D eigenvalue weighted by atomic mass is 10.1. The monoisotopic (exact) mass is 603 g/mol. The topological polar surface area (TPSA) is 175 Å². The molecule has 1 atom stereocenters. The molecule has 0 spiro atoms. The van der Waals surface area contributed by atoms with Crippen molar-refractivity contribution in [1.29, 1.82) is 0 Å². The summed E-state index contributed by atoms with van der Waals surface area (Å²) in [5.74, 6) is -0.896. The zero-order chi connectivity index (χ0) is 30.2. The Kier molecular flexibility index (Phi) is 7.59. The van der Waals surface area contributed by atoms with Crippen molar-refractivity contribution >= 4 is 55.6 Å². The van der Waals surface area contributed by atoms with Gasteiger partial charge in [-0.05, 0) is 48.7 Å². The standard InChI is InChI=1S/C29H26ClN7O4S/c1-16(22-15-17-8-7-13-21(30)23(17)29(39)37(22)20-11-4-3-5-12-20)33-28(38)25-27(32)35-26(31)24(34-25)18-9-6-10-19(14-18)36-42(2,40)41/h3-16,36H,1-2H3,(H,33,38)(H4,31,32,35)/t16-/m0/s1. The van der Waals surface area contributed by atoms with Gasteiger partial charge in [-0.1, -0.05) is 54.1 Å². The number of benzene rings is 3. The first-order valence-electron chi connectivity index (χ1n) is 12.6. The number of fused-ring (bicyclic) bond motifs is 1. The van der Waals surface area contributed by atoms with E-state index in [4.69, 9.17) is 23.1 Å². The SMILES string of the molecule is C[C@H](NC(=O)c1nc(-c2cccc(NS(C)(=O)=O)c2)c(N)nc1N)c1cc2cccc(Cl)c2c(=O)n1-c1ccccc1. The number of carbonyl (C=O) groups is 1. The Hall–Kier alpha value is -4.94. The summed E-state index contributed by atoms with van der Waals surface area (Å²) < 4.78 is 27.3. The number of nitrogens with one attached hydrogen (secondary N) is 2. The van der Waals surface area contributed by atoms with Crippen LogP contribution in [0.4, 0.5) is 17.3 Å². The van der Waals surface area contributed by atoms with Crippen molar-refractivity contribution in [2.45, 2.75) is 13.0 Å². The highest BCUT2D eigenvalue weighted by Crippen LogP contribution is 2.29. The van der Waals surface area contributed by atoms with Gasteiger partial charge in [-0.3, -0.25) is 18.9 Å². The van der Waals surface area contributed by atoms with Crippen molar-refractivity contribution in [3.05, 3.63) is 106 Å². The van der Waals surface area contributed by atoms with Crippen molar-refractivity contribution in [2.75, 3.05) is 22.4 Å². The molecule has 214 valence electrons. The molecule has 13 heteroatoms. The molecule has 3 aromatic carbocycles. The fourth-order valence-electron chi connectivity index (χ4n) is 4.63. The van der Waals surface area contributed by atoms with Crippen LogP contribution in [0.1, 0.15) is 29.1 Å². The highest BCUT2D eigenvalue weighted by molar-refractivity contribution is 7.92. The molecule has 42 heavy (non-hydrogen) atoms. The average molecular weight is 604 g/mol. The molecule has 0 bridgehead atoms. The van der Waals surface area contributed by atoms with Gasteiger partial charge >= 0.3 is 0 Å². The second kappa shape index (κ2) is 11.1. The van der Waals surface area contributed by atoms with Gasteiger partial charge in [0.25, 0.3) is 11.5 Å². The lowest BCUT2D eigenvalue weighted by Crippen LogP contribution is -2.33. The molecule has 6 N–H and O–H groups in total. The van der Waals surface area contributed by atoms with Gasteiger partial charge in [0.1, 0.15) is 5.69 Å². The molecule has 11 nitrogen and oxygen atoms in total. The highest BCUT2D eigenvalue weighted by Gasteiger charge is 2.23. The Morgan fingerprint density at radius 2 is 1.67 bits per heavy atom. The van der Waals surface area contributed by atoms with Crippen LogP contribution in [0, 0.1) is 0 Å². The number of aromatic nitrogens is 3. The Balaban J connectivity index is 1.55. The number of amides is 1. The number of sulfonamides is 1. The number of nitrogens with two attached hydrogens (primary N) is 2. The fourth-order valence-corrected chi connectivity index (χ4v) is 5.44. The maximum Gasteiger partial charge on any atom is 0.274 e. The maximum absolute atomic E-state index is 13.7. The summed E-state index contributed by atoms with van der Waals surface area (Å²) in [6.07, 6.45) is 1.03. The Morgan fingerprint density at radius 1 is 0.952 bits per heavy atom. The van der Waals surface area contributed by atoms with E-state index in [1.807, 2.05) is 6.07 Å². The molecule has 0 saturated heterocycles. The van der Waals surface area contributed by atoms with Crippen LogP contribution >= 0.6 is 11.6 Å². The fraction of sp³-hybridized carbons (Fsp3) is 0.103. The molecule has 0 saturated carbocycles. The molecule has 0 aliphatic rings. The van der Waals surface area contributed by atoms with Gasteiger partial charge in [-0.2, -0.15) is 0 Å². The van der Waals surface area contributed by atoms with E-state index in [1.165, 1.54) is 10.6 Å². The second-order valence-corrected chi connectivity index (χ2v) is 11.7. The van der Waals surface area contributed by atoms with Gasteiger partial charge in [-0.25, -0.2) is 18.4 Å². The molecule has 2 aromatic heterocycles. The summed E-state index contributed by atoms with van der Waals surface area (Å²) in [6, 6.07) is 21.6. The normalized spacial score (nSPS) is 12.2. The number of nitrogen functional groups attached to an aromatic ring is 2. The third-order valence-electron chi connectivity index (χ3n) is 6.43. The van der Waals surface area contributed by atoms with E-state index in [0.717, 1.165) is 6.26 Å². The van der Waals surface area contributed by atoms with E-state index in [2.05, 4.69) is 20.0 Å². The lowest BCUT2D eigenvalue weighted by molar-refractivity contribution is 0.0934. The van der Waals surface area contributed by atoms with Crippen LogP contribution in [0.25, 0.3) is 27.7 Å². The lowest BCUT2D eigenvalue weighted by Gasteiger charge is -2.21. The minimum Gasteiger partial charge on any atom is -0.382 e. The highest BCUT2D eigenvalue weighted by atomic mass is 35.5. The first kappa shape index (κ1) is 28.6. The first-order chi connectivity index (χ1) is 19.9. The molecule has 5 aromatic rings. The van der Waals surface area contributed by atoms with E-state index in [0.29, 0.717) is 32.7 Å². The summed E-state index contributed by atoms with van der Waals surface area (Å²) >= 11 is 6.40. The Bertz CT molecular complexity index is 2020. The molecule has 0 aliphatic heterocycles. The van der Waals surface area contributed by atoms with Gasteiger partial charge in [0, 0.05) is 22.6 Å². The molecular formula is C29H26ClN7O4S. The molecule has 0 fully saturated rings. The predicted octanol–water partition coefficient (Wildman–Crippen LogP) is 4.13. The van der Waals surface area contributed by atoms with E-state index < -0.39 is 22.0 Å². The molecule has 2 heterocycles. The first-order valence-corrected chi connectivity index (χ1v) is 14.9. The van der Waals surface area contributed by atoms with Gasteiger partial charge < -0.3 is 16.8 Å². The summed E-state index contributed by atoms with van der Waals surface area (Å²) in [6.45, 7) is 1.73. The van der Waals surface area contributed by atoms with Crippen molar-refractivity contribution in [3.63, 3.8) is 0 Å². The van der Waals surface area contributed by atoms with Gasteiger partial charge in [0.2, 0.25) is 10.0 Å². The van der Waals surface area contributed by atoms with Crippen LogP contribution in [0.5, 0.6) is 0 Å². The number of nitrogens with zero attached hydrogens (tertiary/aromatic N) is 3. The molecule has 0 radical (unpaired) electrons. The minimum absolute atomic E-state index is 0.0436. The molecular weight excluding hydrogens is 578 g/mol.